The molecule has 18 heavy (non-hydrogen) atoms. The smallest absolute Gasteiger partial charge is 0.294 e. The highest BCUT2D eigenvalue weighted by atomic mass is 19.4. The van der Waals surface area contributed by atoms with E-state index in [0.717, 1.165) is 0 Å². The Morgan fingerprint density at radius 3 is 2.06 bits per heavy atom. The Labute approximate surface area is 96.2 Å². The Morgan fingerprint density at radius 1 is 1.06 bits per heavy atom. The summed E-state index contributed by atoms with van der Waals surface area (Å²) in [4.78, 5) is 11.0. The van der Waals surface area contributed by atoms with Crippen LogP contribution < -0.4 is 0 Å². The minimum absolute atomic E-state index is 0.0728. The Kier molecular flexibility index (Phi) is 3.68. The lowest BCUT2D eigenvalue weighted by Crippen LogP contribution is -2.16. The number of ketones is 1. The largest absolute Gasteiger partial charge is 0.419 e. The van der Waals surface area contributed by atoms with E-state index < -0.39 is 41.5 Å². The van der Waals surface area contributed by atoms with Gasteiger partial charge in [-0.1, -0.05) is 0 Å². The molecule has 1 aromatic rings. The summed E-state index contributed by atoms with van der Waals surface area (Å²) in [5, 5.41) is 0. The van der Waals surface area contributed by atoms with Gasteiger partial charge in [-0.3, -0.25) is 4.79 Å². The maximum absolute atomic E-state index is 12.8. The van der Waals surface area contributed by atoms with Crippen LogP contribution in [0, 0.1) is 5.82 Å². The van der Waals surface area contributed by atoms with Gasteiger partial charge in [-0.25, -0.2) is 4.39 Å². The van der Waals surface area contributed by atoms with E-state index in [0.29, 0.717) is 12.1 Å². The van der Waals surface area contributed by atoms with E-state index in [2.05, 4.69) is 0 Å². The van der Waals surface area contributed by atoms with Gasteiger partial charge in [0.2, 0.25) is 0 Å². The lowest BCUT2D eigenvalue weighted by Gasteiger charge is -2.10. The number of hydrogen-bond acceptors (Lipinski definition) is 1. The number of benzene rings is 1. The molecule has 0 aliphatic carbocycles. The predicted octanol–water partition coefficient (Wildman–Crippen LogP) is 3.98. The molecule has 0 heterocycles. The van der Waals surface area contributed by atoms with Crippen molar-refractivity contribution in [2.75, 3.05) is 0 Å². The number of Topliss-reactive ketones (excluding diaryl/α,β-unsaturated/α-hetero) is 1. The van der Waals surface area contributed by atoms with Crippen LogP contribution in [-0.2, 0) is 6.18 Å². The second-order valence-corrected chi connectivity index (χ2v) is 3.41. The van der Waals surface area contributed by atoms with E-state index in [-0.39, 0.29) is 6.07 Å². The summed E-state index contributed by atoms with van der Waals surface area (Å²) in [7, 11) is 0. The van der Waals surface area contributed by atoms with Gasteiger partial charge < -0.3 is 0 Å². The van der Waals surface area contributed by atoms with Crippen molar-refractivity contribution in [3.8, 4) is 0 Å². The second-order valence-electron chi connectivity index (χ2n) is 3.41. The van der Waals surface area contributed by atoms with Crippen LogP contribution in [0.1, 0.15) is 22.3 Å². The van der Waals surface area contributed by atoms with Crippen molar-refractivity contribution < 1.29 is 35.5 Å². The SMILES string of the molecule is O=C(CC(F)(F)F)c1ccc(F)c(C(F)(F)F)c1. The average Bonchev–Trinajstić information content (AvgIpc) is 2.13. The first-order valence-corrected chi connectivity index (χ1v) is 4.47. The zero-order valence-electron chi connectivity index (χ0n) is 8.49. The maximum atomic E-state index is 12.8. The molecule has 0 aliphatic rings. The first-order chi connectivity index (χ1) is 8.00. The molecule has 1 nitrogen and oxygen atoms in total. The van der Waals surface area contributed by atoms with E-state index in [1.165, 1.54) is 0 Å². The van der Waals surface area contributed by atoms with Crippen LogP contribution in [0.2, 0.25) is 0 Å². The molecule has 0 bridgehead atoms. The fraction of sp³-hybridized carbons (Fsp3) is 0.300. The molecule has 0 N–H and O–H groups in total. The minimum atomic E-state index is -5.07. The molecule has 0 saturated carbocycles. The molecule has 0 spiro atoms. The minimum Gasteiger partial charge on any atom is -0.294 e. The standard InChI is InChI=1S/C10H5F7O/c11-7-2-1-5(3-6(7)10(15,16)17)8(18)4-9(12,13)14/h1-3H,4H2. The molecular formula is C10H5F7O. The van der Waals surface area contributed by atoms with Crippen molar-refractivity contribution in [1.82, 2.24) is 0 Å². The van der Waals surface area contributed by atoms with E-state index in [1.807, 2.05) is 0 Å². The van der Waals surface area contributed by atoms with Crippen molar-refractivity contribution in [2.45, 2.75) is 18.8 Å². The summed E-state index contributed by atoms with van der Waals surface area (Å²) in [6, 6.07) is 0.967. The third kappa shape index (κ3) is 3.71. The summed E-state index contributed by atoms with van der Waals surface area (Å²) in [5.74, 6) is -3.20. The van der Waals surface area contributed by atoms with Gasteiger partial charge in [0.05, 0.1) is 5.56 Å². The highest BCUT2D eigenvalue weighted by molar-refractivity contribution is 5.96. The van der Waals surface area contributed by atoms with Gasteiger partial charge in [0.15, 0.2) is 5.78 Å². The van der Waals surface area contributed by atoms with E-state index in [9.17, 15) is 35.5 Å². The van der Waals surface area contributed by atoms with Crippen LogP contribution in [0.15, 0.2) is 18.2 Å². The predicted molar refractivity (Wildman–Crippen MR) is 46.4 cm³/mol. The van der Waals surface area contributed by atoms with Crippen molar-refractivity contribution in [2.24, 2.45) is 0 Å². The molecule has 0 saturated heterocycles. The second kappa shape index (κ2) is 4.58. The lowest BCUT2D eigenvalue weighted by atomic mass is 10.0. The first-order valence-electron chi connectivity index (χ1n) is 4.47. The van der Waals surface area contributed by atoms with Gasteiger partial charge in [0, 0.05) is 5.56 Å². The molecule has 8 heteroatoms. The lowest BCUT2D eigenvalue weighted by molar-refractivity contribution is -0.140. The summed E-state index contributed by atoms with van der Waals surface area (Å²) in [6.07, 6.45) is -11.8. The normalized spacial score (nSPS) is 12.6. The van der Waals surface area contributed by atoms with Crippen LogP contribution in [0.4, 0.5) is 30.7 Å². The molecule has 0 aromatic heterocycles. The molecule has 100 valence electrons. The van der Waals surface area contributed by atoms with E-state index in [1.54, 1.807) is 0 Å². The number of alkyl halides is 6. The van der Waals surface area contributed by atoms with Crippen molar-refractivity contribution >= 4 is 5.78 Å². The number of hydrogen-bond donors (Lipinski definition) is 0. The van der Waals surface area contributed by atoms with E-state index >= 15 is 0 Å². The summed E-state index contributed by atoms with van der Waals surface area (Å²) < 4.78 is 85.2. The highest BCUT2D eigenvalue weighted by Crippen LogP contribution is 2.32. The molecule has 0 radical (unpaired) electrons. The summed E-state index contributed by atoms with van der Waals surface area (Å²) >= 11 is 0. The number of carbonyl (C=O) groups excluding carboxylic acids is 1. The van der Waals surface area contributed by atoms with Crippen LogP contribution in [0.3, 0.4) is 0 Å². The van der Waals surface area contributed by atoms with Gasteiger partial charge >= 0.3 is 12.4 Å². The van der Waals surface area contributed by atoms with Gasteiger partial charge in [-0.15, -0.1) is 0 Å². The summed E-state index contributed by atoms with van der Waals surface area (Å²) in [5.41, 5.74) is -2.60. The molecule has 0 atom stereocenters. The Hall–Kier alpha value is -1.60. The van der Waals surface area contributed by atoms with Gasteiger partial charge in [-0.2, -0.15) is 26.3 Å². The van der Waals surface area contributed by atoms with E-state index in [4.69, 9.17) is 0 Å². The zero-order valence-corrected chi connectivity index (χ0v) is 8.49. The molecule has 0 unspecified atom stereocenters. The topological polar surface area (TPSA) is 17.1 Å². The Morgan fingerprint density at radius 2 is 1.61 bits per heavy atom. The van der Waals surface area contributed by atoms with Gasteiger partial charge in [-0.05, 0) is 18.2 Å². The van der Waals surface area contributed by atoms with Crippen LogP contribution in [0.25, 0.3) is 0 Å². The van der Waals surface area contributed by atoms with Crippen molar-refractivity contribution in [1.29, 1.82) is 0 Å². The fourth-order valence-corrected chi connectivity index (χ4v) is 1.20. The van der Waals surface area contributed by atoms with Gasteiger partial charge in [0.25, 0.3) is 0 Å². The highest BCUT2D eigenvalue weighted by Gasteiger charge is 2.36. The molecule has 0 fully saturated rings. The van der Waals surface area contributed by atoms with Gasteiger partial charge in [0.1, 0.15) is 12.2 Å². The summed E-state index contributed by atoms with van der Waals surface area (Å²) in [6.45, 7) is 0. The molecular weight excluding hydrogens is 269 g/mol. The number of halogens is 7. The first kappa shape index (κ1) is 14.5. The zero-order chi connectivity index (χ0) is 14.1. The Balaban J connectivity index is 3.10. The average molecular weight is 274 g/mol. The quantitative estimate of drug-likeness (QED) is 0.589. The number of carbonyl (C=O) groups is 1. The molecule has 0 amide bonds. The van der Waals surface area contributed by atoms with Crippen molar-refractivity contribution in [3.63, 3.8) is 0 Å². The fourth-order valence-electron chi connectivity index (χ4n) is 1.20. The van der Waals surface area contributed by atoms with Crippen molar-refractivity contribution in [3.05, 3.63) is 35.1 Å². The Bertz CT molecular complexity index is 458. The molecule has 1 rings (SSSR count). The third-order valence-corrected chi connectivity index (χ3v) is 1.95. The molecule has 1 aromatic carbocycles. The number of rotatable bonds is 2. The van der Waals surface area contributed by atoms with Crippen LogP contribution in [-0.4, -0.2) is 12.0 Å². The molecule has 0 aliphatic heterocycles. The third-order valence-electron chi connectivity index (χ3n) is 1.95. The maximum Gasteiger partial charge on any atom is 0.419 e. The monoisotopic (exact) mass is 274 g/mol. The van der Waals surface area contributed by atoms with Crippen LogP contribution in [0.5, 0.6) is 0 Å². The van der Waals surface area contributed by atoms with Crippen LogP contribution >= 0.6 is 0 Å².